The number of carbonyl (C=O) groups excluding carboxylic acids is 1. The first-order valence-corrected chi connectivity index (χ1v) is 8.93. The van der Waals surface area contributed by atoms with Crippen LogP contribution in [0, 0.1) is 10.8 Å². The summed E-state index contributed by atoms with van der Waals surface area (Å²) in [7, 11) is 0. The molecule has 0 radical (unpaired) electrons. The van der Waals surface area contributed by atoms with Gasteiger partial charge in [0.2, 0.25) is 5.91 Å². The highest BCUT2D eigenvalue weighted by Gasteiger charge is 2.30. The number of carbonyl (C=O) groups is 1. The molecule has 2 fully saturated rings. The molecule has 0 saturated heterocycles. The molecule has 0 bridgehead atoms. The summed E-state index contributed by atoms with van der Waals surface area (Å²) in [5.41, 5.74) is 0. The predicted octanol–water partition coefficient (Wildman–Crippen LogP) is 4.04. The molecule has 2 aliphatic rings. The van der Waals surface area contributed by atoms with Crippen LogP contribution in [0.3, 0.4) is 0 Å². The van der Waals surface area contributed by atoms with E-state index < -0.39 is 0 Å². The topological polar surface area (TPSA) is 80.6 Å². The molecule has 4 rings (SSSR count). The van der Waals surface area contributed by atoms with Gasteiger partial charge in [0, 0.05) is 17.5 Å². The van der Waals surface area contributed by atoms with Gasteiger partial charge in [-0.3, -0.25) is 4.79 Å². The number of hydrogen-bond donors (Lipinski definition) is 1. The third-order valence-electron chi connectivity index (χ3n) is 4.98. The van der Waals surface area contributed by atoms with Gasteiger partial charge >= 0.3 is 0 Å². The molecular weight excluding hydrogens is 318 g/mol. The highest BCUT2D eigenvalue weighted by Crippen LogP contribution is 2.31. The molecule has 1 heterocycles. The van der Waals surface area contributed by atoms with Gasteiger partial charge in [-0.1, -0.05) is 17.7 Å². The van der Waals surface area contributed by atoms with Gasteiger partial charge in [-0.25, -0.2) is 4.98 Å². The van der Waals surface area contributed by atoms with E-state index in [1.54, 1.807) is 6.20 Å². The van der Waals surface area contributed by atoms with E-state index in [0.29, 0.717) is 5.82 Å². The molecule has 2 unspecified atom stereocenters. The highest BCUT2D eigenvalue weighted by molar-refractivity contribution is 5.95. The molecule has 6 nitrogen and oxygen atoms in total. The lowest BCUT2D eigenvalue weighted by molar-refractivity contribution is -0.117. The molecule has 130 valence electrons. The summed E-state index contributed by atoms with van der Waals surface area (Å²) in [5, 5.41) is 8.01. The summed E-state index contributed by atoms with van der Waals surface area (Å²) >= 11 is 0. The number of nitrogens with one attached hydrogen (secondary N) is 1. The lowest BCUT2D eigenvalue weighted by atomic mass is 9.93. The SMILES string of the molecule is O=NC1CCCCC1Oc1ccc2cc(NC(=O)C3CC3)ncc2c1. The van der Waals surface area contributed by atoms with Gasteiger partial charge in [0.1, 0.15) is 23.7 Å². The number of nitrogens with zero attached hydrogens (tertiary/aromatic N) is 2. The van der Waals surface area contributed by atoms with Gasteiger partial charge in [0.25, 0.3) is 0 Å². The number of rotatable bonds is 5. The lowest BCUT2D eigenvalue weighted by Gasteiger charge is -2.27. The van der Waals surface area contributed by atoms with Crippen LogP contribution in [0.15, 0.2) is 35.6 Å². The monoisotopic (exact) mass is 339 g/mol. The van der Waals surface area contributed by atoms with Crippen LogP contribution in [-0.2, 0) is 4.79 Å². The van der Waals surface area contributed by atoms with E-state index in [4.69, 9.17) is 4.74 Å². The Hall–Kier alpha value is -2.50. The molecule has 2 aliphatic carbocycles. The fourth-order valence-corrected chi connectivity index (χ4v) is 3.35. The Morgan fingerprint density at radius 1 is 1.12 bits per heavy atom. The first-order valence-electron chi connectivity index (χ1n) is 8.93. The fraction of sp³-hybridized carbons (Fsp3) is 0.474. The van der Waals surface area contributed by atoms with Gasteiger partial charge < -0.3 is 10.1 Å². The minimum absolute atomic E-state index is 0.0523. The Morgan fingerprint density at radius 3 is 2.76 bits per heavy atom. The van der Waals surface area contributed by atoms with Gasteiger partial charge in [-0.2, -0.15) is 4.91 Å². The van der Waals surface area contributed by atoms with Crippen molar-refractivity contribution >= 4 is 22.5 Å². The number of aromatic nitrogens is 1. The van der Waals surface area contributed by atoms with Crippen LogP contribution in [0.1, 0.15) is 38.5 Å². The van der Waals surface area contributed by atoms with Crippen molar-refractivity contribution in [3.63, 3.8) is 0 Å². The zero-order valence-electron chi connectivity index (χ0n) is 14.0. The molecule has 0 spiro atoms. The Kier molecular flexibility index (Phi) is 4.34. The second kappa shape index (κ2) is 6.78. The number of pyridine rings is 1. The van der Waals surface area contributed by atoms with Crippen LogP contribution < -0.4 is 10.1 Å². The number of fused-ring (bicyclic) bond motifs is 1. The van der Waals surface area contributed by atoms with Crippen LogP contribution in [0.25, 0.3) is 10.8 Å². The maximum Gasteiger partial charge on any atom is 0.228 e. The maximum absolute atomic E-state index is 11.8. The number of nitroso groups, excluding NO2 is 1. The number of benzene rings is 1. The van der Waals surface area contributed by atoms with Crippen molar-refractivity contribution < 1.29 is 9.53 Å². The highest BCUT2D eigenvalue weighted by atomic mass is 16.5. The molecule has 2 atom stereocenters. The van der Waals surface area contributed by atoms with Crippen molar-refractivity contribution in [1.82, 2.24) is 4.98 Å². The quantitative estimate of drug-likeness (QED) is 0.834. The van der Waals surface area contributed by atoms with Crippen LogP contribution in [0.5, 0.6) is 5.75 Å². The first kappa shape index (κ1) is 16.0. The molecule has 2 aromatic rings. The molecule has 1 aromatic carbocycles. The molecule has 0 aliphatic heterocycles. The third kappa shape index (κ3) is 3.62. The van der Waals surface area contributed by atoms with E-state index in [1.165, 1.54) is 0 Å². The van der Waals surface area contributed by atoms with Crippen molar-refractivity contribution in [2.75, 3.05) is 5.32 Å². The third-order valence-corrected chi connectivity index (χ3v) is 4.98. The number of anilines is 1. The van der Waals surface area contributed by atoms with Crippen molar-refractivity contribution in [2.24, 2.45) is 11.1 Å². The predicted molar refractivity (Wildman–Crippen MR) is 95.6 cm³/mol. The summed E-state index contributed by atoms with van der Waals surface area (Å²) in [6.45, 7) is 0. The Labute approximate surface area is 145 Å². The maximum atomic E-state index is 11.8. The van der Waals surface area contributed by atoms with E-state index >= 15 is 0 Å². The lowest BCUT2D eigenvalue weighted by Crippen LogP contribution is -2.33. The average molecular weight is 339 g/mol. The fourth-order valence-electron chi connectivity index (χ4n) is 3.35. The van der Waals surface area contributed by atoms with Crippen LogP contribution in [0.2, 0.25) is 0 Å². The molecule has 1 N–H and O–H groups in total. The molecule has 25 heavy (non-hydrogen) atoms. The summed E-state index contributed by atoms with van der Waals surface area (Å²) in [4.78, 5) is 27.1. The van der Waals surface area contributed by atoms with E-state index in [1.807, 2.05) is 24.3 Å². The minimum Gasteiger partial charge on any atom is -0.488 e. The first-order chi connectivity index (χ1) is 12.2. The van der Waals surface area contributed by atoms with Gasteiger partial charge in [0.15, 0.2) is 0 Å². The number of amides is 1. The Bertz CT molecular complexity index is 804. The smallest absolute Gasteiger partial charge is 0.228 e. The zero-order chi connectivity index (χ0) is 17.2. The van der Waals surface area contributed by atoms with Gasteiger partial charge in [0.05, 0.1) is 0 Å². The van der Waals surface area contributed by atoms with Crippen molar-refractivity contribution in [3.05, 3.63) is 35.4 Å². The van der Waals surface area contributed by atoms with Gasteiger partial charge in [-0.15, -0.1) is 0 Å². The molecule has 1 aromatic heterocycles. The van der Waals surface area contributed by atoms with E-state index in [-0.39, 0.29) is 24.0 Å². The zero-order valence-corrected chi connectivity index (χ0v) is 14.0. The molecule has 6 heteroatoms. The average Bonchev–Trinajstić information content (AvgIpc) is 3.47. The molecule has 1 amide bonds. The summed E-state index contributed by atoms with van der Waals surface area (Å²) in [5.74, 6) is 1.51. The van der Waals surface area contributed by atoms with E-state index in [9.17, 15) is 9.70 Å². The van der Waals surface area contributed by atoms with Crippen molar-refractivity contribution in [2.45, 2.75) is 50.7 Å². The molecular formula is C19H21N3O3. The van der Waals surface area contributed by atoms with Crippen LogP contribution in [0.4, 0.5) is 5.82 Å². The van der Waals surface area contributed by atoms with Crippen LogP contribution >= 0.6 is 0 Å². The van der Waals surface area contributed by atoms with E-state index in [2.05, 4.69) is 15.5 Å². The normalized spacial score (nSPS) is 23.2. The minimum atomic E-state index is -0.261. The van der Waals surface area contributed by atoms with Crippen molar-refractivity contribution in [3.8, 4) is 5.75 Å². The van der Waals surface area contributed by atoms with Crippen molar-refractivity contribution in [1.29, 1.82) is 0 Å². The Morgan fingerprint density at radius 2 is 1.96 bits per heavy atom. The summed E-state index contributed by atoms with van der Waals surface area (Å²) in [6.07, 6.45) is 7.29. The van der Waals surface area contributed by atoms with Crippen LogP contribution in [-0.4, -0.2) is 23.0 Å². The second-order valence-corrected chi connectivity index (χ2v) is 6.96. The number of ether oxygens (including phenoxy) is 1. The Balaban J connectivity index is 1.49. The number of hydrogen-bond acceptors (Lipinski definition) is 5. The summed E-state index contributed by atoms with van der Waals surface area (Å²) < 4.78 is 6.01. The van der Waals surface area contributed by atoms with Gasteiger partial charge in [-0.05, 0) is 55.7 Å². The molecule has 2 saturated carbocycles. The largest absolute Gasteiger partial charge is 0.488 e. The summed E-state index contributed by atoms with van der Waals surface area (Å²) in [6, 6.07) is 7.38. The van der Waals surface area contributed by atoms with E-state index in [0.717, 1.165) is 55.0 Å². The second-order valence-electron chi connectivity index (χ2n) is 6.96. The standard InChI is InChI=1S/C19H21N3O3/c23-19(12-5-6-12)21-18-10-13-7-8-15(9-14(13)11-20-18)25-17-4-2-1-3-16(17)22-24/h7-12,16-17H,1-6H2,(H,20,21,23).